The van der Waals surface area contributed by atoms with Crippen molar-refractivity contribution in [3.8, 4) is 20.9 Å². The normalized spacial score (nSPS) is 10.3. The largest absolute Gasteiger partial charge is 0.144 e. The molecule has 0 atom stereocenters. The van der Waals surface area contributed by atoms with Crippen LogP contribution < -0.4 is 0 Å². The zero-order valence-electron chi connectivity index (χ0n) is 14.3. The van der Waals surface area contributed by atoms with E-state index in [2.05, 4.69) is 117 Å². The molecule has 2 aromatic heterocycles. The molecule has 0 nitrogen and oxygen atoms in total. The van der Waals surface area contributed by atoms with E-state index in [-0.39, 0.29) is 0 Å². The van der Waals surface area contributed by atoms with E-state index in [9.17, 15) is 0 Å². The summed E-state index contributed by atoms with van der Waals surface area (Å²) < 4.78 is 1.18. The van der Waals surface area contributed by atoms with Crippen LogP contribution in [-0.4, -0.2) is 0 Å². The van der Waals surface area contributed by atoms with Gasteiger partial charge in [0.05, 0.1) is 3.79 Å². The van der Waals surface area contributed by atoms with Crippen molar-refractivity contribution in [2.75, 3.05) is 0 Å². The van der Waals surface area contributed by atoms with Gasteiger partial charge in [-0.3, -0.25) is 0 Å². The zero-order chi connectivity index (χ0) is 18.4. The summed E-state index contributed by atoms with van der Waals surface area (Å²) in [6.45, 7) is 2.15. The van der Waals surface area contributed by atoms with Crippen LogP contribution >= 0.6 is 54.5 Å². The molecule has 0 radical (unpaired) electrons. The molecule has 0 saturated heterocycles. The molecule has 0 spiro atoms. The Labute approximate surface area is 179 Å². The SMILES string of the molecule is BrCc1ccccc1-c1ccc(Br)s1.Cc1ccccc1-c1cccs1. The number of thiophene rings is 2. The third kappa shape index (κ3) is 4.95. The van der Waals surface area contributed by atoms with Crippen LogP contribution in [-0.2, 0) is 5.33 Å². The third-order valence-corrected chi connectivity index (χ3v) is 7.10. The molecule has 4 rings (SSSR count). The van der Waals surface area contributed by atoms with Gasteiger partial charge in [-0.1, -0.05) is 70.5 Å². The number of hydrogen-bond acceptors (Lipinski definition) is 2. The Hall–Kier alpha value is -1.20. The third-order valence-electron chi connectivity index (χ3n) is 3.93. The van der Waals surface area contributed by atoms with Crippen LogP contribution in [0.25, 0.3) is 20.9 Å². The molecular formula is C22H18Br2S2. The fourth-order valence-electron chi connectivity index (χ4n) is 2.62. The highest BCUT2D eigenvalue weighted by atomic mass is 79.9. The van der Waals surface area contributed by atoms with Crippen LogP contribution in [0.1, 0.15) is 11.1 Å². The van der Waals surface area contributed by atoms with Gasteiger partial charge in [0.2, 0.25) is 0 Å². The highest BCUT2D eigenvalue weighted by molar-refractivity contribution is 9.11. The lowest BCUT2D eigenvalue weighted by Gasteiger charge is -2.03. The lowest BCUT2D eigenvalue weighted by atomic mass is 10.1. The monoisotopic (exact) mass is 504 g/mol. The molecule has 0 bridgehead atoms. The van der Waals surface area contributed by atoms with Crippen molar-refractivity contribution in [2.24, 2.45) is 0 Å². The van der Waals surface area contributed by atoms with Gasteiger partial charge in [-0.25, -0.2) is 0 Å². The molecule has 2 aromatic carbocycles. The molecule has 4 heteroatoms. The molecule has 0 aliphatic carbocycles. The maximum Gasteiger partial charge on any atom is 0.0705 e. The van der Waals surface area contributed by atoms with Gasteiger partial charge in [-0.2, -0.15) is 0 Å². The molecular weight excluding hydrogens is 488 g/mol. The van der Waals surface area contributed by atoms with E-state index in [0.29, 0.717) is 0 Å². The molecule has 0 unspecified atom stereocenters. The van der Waals surface area contributed by atoms with Crippen molar-refractivity contribution in [1.29, 1.82) is 0 Å². The summed E-state index contributed by atoms with van der Waals surface area (Å²) in [5.74, 6) is 0. The number of halogens is 2. The summed E-state index contributed by atoms with van der Waals surface area (Å²) in [4.78, 5) is 2.67. The first-order chi connectivity index (χ1) is 12.7. The first-order valence-corrected chi connectivity index (χ1v) is 11.8. The number of aryl methyl sites for hydroxylation is 1. The second kappa shape index (κ2) is 9.65. The summed E-state index contributed by atoms with van der Waals surface area (Å²) in [5, 5.41) is 3.01. The maximum atomic E-state index is 3.51. The minimum atomic E-state index is 0.901. The highest BCUT2D eigenvalue weighted by Gasteiger charge is 2.05. The fourth-order valence-corrected chi connectivity index (χ4v) is 5.37. The van der Waals surface area contributed by atoms with Crippen molar-refractivity contribution in [3.63, 3.8) is 0 Å². The quantitative estimate of drug-likeness (QED) is 0.244. The van der Waals surface area contributed by atoms with Crippen molar-refractivity contribution >= 4 is 54.5 Å². The molecule has 0 N–H and O–H groups in total. The average molecular weight is 506 g/mol. The van der Waals surface area contributed by atoms with Crippen LogP contribution in [0.5, 0.6) is 0 Å². The molecule has 2 heterocycles. The van der Waals surface area contributed by atoms with Crippen LogP contribution in [0.2, 0.25) is 0 Å². The summed E-state index contributed by atoms with van der Waals surface area (Å²) in [6, 6.07) is 25.4. The van der Waals surface area contributed by atoms with E-state index in [1.165, 1.54) is 35.8 Å². The predicted molar refractivity (Wildman–Crippen MR) is 125 cm³/mol. The predicted octanol–water partition coefficient (Wildman–Crippen LogP) is 8.80. The molecule has 4 aromatic rings. The average Bonchev–Trinajstić information content (AvgIpc) is 3.34. The second-order valence-electron chi connectivity index (χ2n) is 5.69. The lowest BCUT2D eigenvalue weighted by Crippen LogP contribution is -1.81. The maximum absolute atomic E-state index is 3.51. The summed E-state index contributed by atoms with van der Waals surface area (Å²) in [7, 11) is 0. The van der Waals surface area contributed by atoms with E-state index in [4.69, 9.17) is 0 Å². The van der Waals surface area contributed by atoms with Crippen LogP contribution in [0.4, 0.5) is 0 Å². The standard InChI is InChI=1S/C11H8Br2S.C11H10S/c12-7-8-3-1-2-4-9(8)10-5-6-11(13)14-10;1-9-5-2-3-6-10(9)11-7-4-8-12-11/h1-6H,7H2;2-8H,1H3. The van der Waals surface area contributed by atoms with E-state index in [1.807, 2.05) is 0 Å². The van der Waals surface area contributed by atoms with Gasteiger partial charge in [-0.05, 0) is 68.7 Å². The molecule has 0 saturated carbocycles. The molecule has 0 aliphatic heterocycles. The molecule has 26 heavy (non-hydrogen) atoms. The Bertz CT molecular complexity index is 956. The second-order valence-corrected chi connectivity index (χ2v) is 9.66. The smallest absolute Gasteiger partial charge is 0.0705 e. The topological polar surface area (TPSA) is 0 Å². The van der Waals surface area contributed by atoms with Gasteiger partial charge < -0.3 is 0 Å². The van der Waals surface area contributed by atoms with Crippen molar-refractivity contribution in [2.45, 2.75) is 12.3 Å². The van der Waals surface area contributed by atoms with Crippen LogP contribution in [0.15, 0.2) is 82.0 Å². The van der Waals surface area contributed by atoms with E-state index >= 15 is 0 Å². The number of rotatable bonds is 3. The van der Waals surface area contributed by atoms with Crippen molar-refractivity contribution < 1.29 is 0 Å². The van der Waals surface area contributed by atoms with Crippen molar-refractivity contribution in [1.82, 2.24) is 0 Å². The highest BCUT2D eigenvalue weighted by Crippen LogP contribution is 2.33. The van der Waals surface area contributed by atoms with Gasteiger partial charge in [-0.15, -0.1) is 22.7 Å². The van der Waals surface area contributed by atoms with Gasteiger partial charge in [0.15, 0.2) is 0 Å². The minimum absolute atomic E-state index is 0.901. The Morgan fingerprint density at radius 2 is 1.50 bits per heavy atom. The Balaban J connectivity index is 0.000000152. The first kappa shape index (κ1) is 19.6. The molecule has 0 fully saturated rings. The minimum Gasteiger partial charge on any atom is -0.144 e. The number of benzene rings is 2. The Morgan fingerprint density at radius 1 is 0.769 bits per heavy atom. The fraction of sp³-hybridized carbons (Fsp3) is 0.0909. The zero-order valence-corrected chi connectivity index (χ0v) is 19.1. The number of alkyl halides is 1. The van der Waals surface area contributed by atoms with Gasteiger partial charge in [0.25, 0.3) is 0 Å². The molecule has 0 amide bonds. The summed E-state index contributed by atoms with van der Waals surface area (Å²) >= 11 is 10.5. The Kier molecular flexibility index (Phi) is 7.26. The molecule has 132 valence electrons. The Morgan fingerprint density at radius 3 is 2.12 bits per heavy atom. The molecule has 0 aliphatic rings. The van der Waals surface area contributed by atoms with Gasteiger partial charge in [0.1, 0.15) is 0 Å². The van der Waals surface area contributed by atoms with Crippen molar-refractivity contribution in [3.05, 3.63) is 93.1 Å². The lowest BCUT2D eigenvalue weighted by molar-refractivity contribution is 1.44. The number of hydrogen-bond donors (Lipinski definition) is 0. The van der Waals surface area contributed by atoms with Gasteiger partial charge >= 0.3 is 0 Å². The van der Waals surface area contributed by atoms with E-state index in [0.717, 1.165) is 5.33 Å². The summed E-state index contributed by atoms with van der Waals surface area (Å²) in [5.41, 5.74) is 5.36. The van der Waals surface area contributed by atoms with E-state index in [1.54, 1.807) is 22.7 Å². The van der Waals surface area contributed by atoms with Crippen LogP contribution in [0, 0.1) is 6.92 Å². The summed E-state index contributed by atoms with van der Waals surface area (Å²) in [6.07, 6.45) is 0. The van der Waals surface area contributed by atoms with Crippen LogP contribution in [0.3, 0.4) is 0 Å². The van der Waals surface area contributed by atoms with E-state index < -0.39 is 0 Å². The first-order valence-electron chi connectivity index (χ1n) is 8.18. The van der Waals surface area contributed by atoms with Gasteiger partial charge in [0, 0.05) is 15.1 Å².